The molecule has 2 heterocycles. The number of carbonyl (C=O) groups is 3. The Balaban J connectivity index is 1.66. The van der Waals surface area contributed by atoms with Gasteiger partial charge in [0.25, 0.3) is 0 Å². The Morgan fingerprint density at radius 1 is 1.31 bits per heavy atom. The number of amides is 2. The van der Waals surface area contributed by atoms with Gasteiger partial charge < -0.3 is 15.3 Å². The van der Waals surface area contributed by atoms with Gasteiger partial charge in [-0.25, -0.2) is 4.79 Å². The molecule has 2 N–H and O–H groups in total. The Bertz CT molecular complexity index is 711. The summed E-state index contributed by atoms with van der Waals surface area (Å²) in [4.78, 5) is 38.3. The third-order valence-corrected chi connectivity index (χ3v) is 6.13. The topological polar surface area (TPSA) is 105 Å². The lowest BCUT2D eigenvalue weighted by Gasteiger charge is -2.25. The molecule has 0 radical (unpaired) electrons. The molecule has 8 nitrogen and oxygen atoms in total. The monoisotopic (exact) mass is 380 g/mol. The van der Waals surface area contributed by atoms with E-state index in [0.717, 1.165) is 25.7 Å². The van der Waals surface area contributed by atoms with E-state index < -0.39 is 17.6 Å². The molecule has 1 atom stereocenters. The maximum atomic E-state index is 12.7. The van der Waals surface area contributed by atoms with Crippen LogP contribution in [-0.4, -0.2) is 55.2 Å². The number of carbonyl (C=O) groups excluding carboxylic acids is 2. The maximum absolute atomic E-state index is 12.7. The SMILES string of the molecule is CC(C)(C(=O)O)n1cc(NC(=O)C2CSCN2C(=O)C2CCCC2)cn1. The van der Waals surface area contributed by atoms with Gasteiger partial charge in [0, 0.05) is 17.9 Å². The normalized spacial score (nSPS) is 21.2. The van der Waals surface area contributed by atoms with E-state index in [1.54, 1.807) is 16.7 Å². The van der Waals surface area contributed by atoms with Crippen molar-refractivity contribution in [1.82, 2.24) is 14.7 Å². The molecule has 2 fully saturated rings. The number of nitrogens with one attached hydrogen (secondary N) is 1. The summed E-state index contributed by atoms with van der Waals surface area (Å²) >= 11 is 1.58. The van der Waals surface area contributed by atoms with Gasteiger partial charge in [0.2, 0.25) is 11.8 Å². The molecule has 1 saturated heterocycles. The van der Waals surface area contributed by atoms with Gasteiger partial charge in [-0.15, -0.1) is 11.8 Å². The third kappa shape index (κ3) is 3.58. The smallest absolute Gasteiger partial charge is 0.331 e. The van der Waals surface area contributed by atoms with Crippen LogP contribution in [-0.2, 0) is 19.9 Å². The lowest BCUT2D eigenvalue weighted by Crippen LogP contribution is -2.46. The van der Waals surface area contributed by atoms with Gasteiger partial charge in [0.1, 0.15) is 6.04 Å². The highest BCUT2D eigenvalue weighted by Crippen LogP contribution is 2.31. The molecular weight excluding hydrogens is 356 g/mol. The fraction of sp³-hybridized carbons (Fsp3) is 0.647. The quantitative estimate of drug-likeness (QED) is 0.806. The Morgan fingerprint density at radius 2 is 2.00 bits per heavy atom. The standard InChI is InChI=1S/C17H24N4O4S/c1-17(2,16(24)25)21-8-12(7-18-21)19-14(22)13-9-26-10-20(13)15(23)11-5-3-4-6-11/h7-8,11,13H,3-6,9-10H2,1-2H3,(H,19,22)(H,24,25). The number of rotatable bonds is 5. The average molecular weight is 380 g/mol. The minimum Gasteiger partial charge on any atom is -0.479 e. The highest BCUT2D eigenvalue weighted by Gasteiger charge is 2.38. The first-order valence-corrected chi connectivity index (χ1v) is 9.94. The van der Waals surface area contributed by atoms with Crippen molar-refractivity contribution in [2.75, 3.05) is 16.9 Å². The number of aromatic nitrogens is 2. The van der Waals surface area contributed by atoms with Gasteiger partial charge in [0.15, 0.2) is 5.54 Å². The van der Waals surface area contributed by atoms with Gasteiger partial charge >= 0.3 is 5.97 Å². The average Bonchev–Trinajstić information content (AvgIpc) is 3.34. The van der Waals surface area contributed by atoms with Gasteiger partial charge in [-0.3, -0.25) is 14.3 Å². The number of carboxylic acids is 1. The largest absolute Gasteiger partial charge is 0.479 e. The van der Waals surface area contributed by atoms with E-state index in [2.05, 4.69) is 10.4 Å². The van der Waals surface area contributed by atoms with Crippen molar-refractivity contribution in [3.8, 4) is 0 Å². The zero-order valence-electron chi connectivity index (χ0n) is 15.0. The lowest BCUT2D eigenvalue weighted by atomic mass is 10.1. The van der Waals surface area contributed by atoms with Gasteiger partial charge in [-0.05, 0) is 26.7 Å². The van der Waals surface area contributed by atoms with E-state index >= 15 is 0 Å². The molecule has 1 aromatic heterocycles. The van der Waals surface area contributed by atoms with E-state index in [1.165, 1.54) is 30.9 Å². The van der Waals surface area contributed by atoms with Crippen LogP contribution < -0.4 is 5.32 Å². The van der Waals surface area contributed by atoms with E-state index in [1.807, 2.05) is 0 Å². The molecule has 0 aromatic carbocycles. The van der Waals surface area contributed by atoms with Crippen molar-refractivity contribution >= 4 is 35.2 Å². The summed E-state index contributed by atoms with van der Waals surface area (Å²) in [5.41, 5.74) is -0.786. The predicted octanol–water partition coefficient (Wildman–Crippen LogP) is 1.73. The second-order valence-electron chi connectivity index (χ2n) is 7.33. The summed E-state index contributed by atoms with van der Waals surface area (Å²) in [6.45, 7) is 3.06. The van der Waals surface area contributed by atoms with Crippen LogP contribution >= 0.6 is 11.8 Å². The third-order valence-electron chi connectivity index (χ3n) is 5.12. The predicted molar refractivity (Wildman–Crippen MR) is 97.7 cm³/mol. The number of anilines is 1. The summed E-state index contributed by atoms with van der Waals surface area (Å²) in [6, 6.07) is -0.496. The van der Waals surface area contributed by atoms with E-state index in [4.69, 9.17) is 0 Å². The number of thioether (sulfide) groups is 1. The van der Waals surface area contributed by atoms with Crippen LogP contribution in [0.2, 0.25) is 0 Å². The van der Waals surface area contributed by atoms with Crippen LogP contribution in [0.25, 0.3) is 0 Å². The molecule has 142 valence electrons. The van der Waals surface area contributed by atoms with Crippen LogP contribution in [0, 0.1) is 5.92 Å². The lowest BCUT2D eigenvalue weighted by molar-refractivity contribution is -0.146. The van der Waals surface area contributed by atoms with E-state index in [0.29, 0.717) is 17.3 Å². The molecule has 1 aliphatic heterocycles. The van der Waals surface area contributed by atoms with Crippen LogP contribution in [0.4, 0.5) is 5.69 Å². The van der Waals surface area contributed by atoms with E-state index in [-0.39, 0.29) is 17.7 Å². The van der Waals surface area contributed by atoms with Gasteiger partial charge in [-0.2, -0.15) is 5.10 Å². The molecule has 0 spiro atoms. The highest BCUT2D eigenvalue weighted by molar-refractivity contribution is 7.99. The molecule has 1 aliphatic carbocycles. The molecule has 26 heavy (non-hydrogen) atoms. The zero-order chi connectivity index (χ0) is 18.9. The Hall–Kier alpha value is -2.03. The minimum atomic E-state index is -1.21. The molecule has 1 aromatic rings. The van der Waals surface area contributed by atoms with Crippen molar-refractivity contribution in [3.05, 3.63) is 12.4 Å². The number of carboxylic acid groups (broad SMARTS) is 1. The Labute approximate surface area is 156 Å². The first kappa shape index (κ1) is 18.8. The molecule has 2 amide bonds. The summed E-state index contributed by atoms with van der Waals surface area (Å²) in [5.74, 6) is -0.0378. The summed E-state index contributed by atoms with van der Waals surface area (Å²) in [5, 5.41) is 16.1. The summed E-state index contributed by atoms with van der Waals surface area (Å²) in [7, 11) is 0. The second kappa shape index (κ2) is 7.30. The molecule has 0 bridgehead atoms. The van der Waals surface area contributed by atoms with Crippen molar-refractivity contribution in [1.29, 1.82) is 0 Å². The fourth-order valence-corrected chi connectivity index (χ4v) is 4.46. The van der Waals surface area contributed by atoms with Crippen molar-refractivity contribution < 1.29 is 19.5 Å². The van der Waals surface area contributed by atoms with E-state index in [9.17, 15) is 19.5 Å². The maximum Gasteiger partial charge on any atom is 0.331 e. The van der Waals surface area contributed by atoms with Gasteiger partial charge in [-0.1, -0.05) is 12.8 Å². The first-order valence-electron chi connectivity index (χ1n) is 8.78. The Morgan fingerprint density at radius 3 is 2.65 bits per heavy atom. The van der Waals surface area contributed by atoms with Crippen molar-refractivity contribution in [2.24, 2.45) is 5.92 Å². The summed E-state index contributed by atoms with van der Waals surface area (Å²) < 4.78 is 1.30. The van der Waals surface area contributed by atoms with Crippen LogP contribution in [0.5, 0.6) is 0 Å². The number of nitrogens with zero attached hydrogens (tertiary/aromatic N) is 3. The fourth-order valence-electron chi connectivity index (χ4n) is 3.30. The van der Waals surface area contributed by atoms with Gasteiger partial charge in [0.05, 0.1) is 17.8 Å². The molecular formula is C17H24N4O4S. The molecule has 1 saturated carbocycles. The number of hydrogen-bond acceptors (Lipinski definition) is 5. The Kier molecular flexibility index (Phi) is 5.27. The number of aliphatic carboxylic acids is 1. The first-order chi connectivity index (χ1) is 12.3. The molecule has 3 rings (SSSR count). The molecule has 9 heteroatoms. The number of hydrogen-bond donors (Lipinski definition) is 2. The summed E-state index contributed by atoms with van der Waals surface area (Å²) in [6.07, 6.45) is 6.89. The van der Waals surface area contributed by atoms with Crippen LogP contribution in [0.15, 0.2) is 12.4 Å². The zero-order valence-corrected chi connectivity index (χ0v) is 15.8. The molecule has 2 aliphatic rings. The van der Waals surface area contributed by atoms with Crippen molar-refractivity contribution in [3.63, 3.8) is 0 Å². The molecule has 1 unspecified atom stereocenters. The van der Waals surface area contributed by atoms with Crippen LogP contribution in [0.3, 0.4) is 0 Å². The van der Waals surface area contributed by atoms with Crippen molar-refractivity contribution in [2.45, 2.75) is 51.1 Å². The second-order valence-corrected chi connectivity index (χ2v) is 8.33. The minimum absolute atomic E-state index is 0.0446. The highest BCUT2D eigenvalue weighted by atomic mass is 32.2. The van der Waals surface area contributed by atoms with Crippen LogP contribution in [0.1, 0.15) is 39.5 Å².